The summed E-state index contributed by atoms with van der Waals surface area (Å²) in [6.07, 6.45) is 1.24. The van der Waals surface area contributed by atoms with E-state index >= 15 is 0 Å². The molecular weight excluding hydrogens is 386 g/mol. The Kier molecular flexibility index (Phi) is 9.37. The van der Waals surface area contributed by atoms with Crippen molar-refractivity contribution >= 4 is 23.3 Å². The minimum absolute atomic E-state index is 0.0306. The topological polar surface area (TPSA) is 90.9 Å². The number of ether oxygens (including phenoxy) is 3. The van der Waals surface area contributed by atoms with Crippen molar-refractivity contribution in [3.63, 3.8) is 0 Å². The van der Waals surface area contributed by atoms with Crippen molar-refractivity contribution in [1.82, 2.24) is 0 Å². The van der Waals surface area contributed by atoms with Crippen LogP contribution in [0.1, 0.15) is 43.5 Å². The Morgan fingerprint density at radius 1 is 0.833 bits per heavy atom. The van der Waals surface area contributed by atoms with Gasteiger partial charge in [-0.25, -0.2) is 0 Å². The molecule has 0 heterocycles. The van der Waals surface area contributed by atoms with Crippen LogP contribution in [0.2, 0.25) is 0 Å². The van der Waals surface area contributed by atoms with E-state index < -0.39 is 5.97 Å². The fourth-order valence-electron chi connectivity index (χ4n) is 2.54. The van der Waals surface area contributed by atoms with Crippen LogP contribution < -0.4 is 14.8 Å². The van der Waals surface area contributed by atoms with Crippen LogP contribution in [0.4, 0.5) is 5.69 Å². The Morgan fingerprint density at radius 3 is 2.07 bits per heavy atom. The zero-order chi connectivity index (χ0) is 21.8. The number of carbonyl (C=O) groups excluding carboxylic acids is 3. The van der Waals surface area contributed by atoms with Gasteiger partial charge in [0.1, 0.15) is 11.5 Å². The highest BCUT2D eigenvalue weighted by molar-refractivity contribution is 5.98. The molecule has 2 rings (SSSR count). The number of nitrogens with one attached hydrogen (secondary N) is 1. The molecule has 0 atom stereocenters. The molecule has 0 saturated carbocycles. The Labute approximate surface area is 176 Å². The third-order valence-corrected chi connectivity index (χ3v) is 4.04. The molecule has 0 spiro atoms. The molecule has 0 aliphatic carbocycles. The third kappa shape index (κ3) is 7.95. The average Bonchev–Trinajstić information content (AvgIpc) is 2.74. The quantitative estimate of drug-likeness (QED) is 0.417. The Hall–Kier alpha value is -3.35. The molecule has 1 amide bonds. The molecule has 1 N–H and O–H groups in total. The molecule has 0 bridgehead atoms. The first-order valence-electron chi connectivity index (χ1n) is 9.96. The average molecular weight is 413 g/mol. The summed E-state index contributed by atoms with van der Waals surface area (Å²) >= 11 is 0. The van der Waals surface area contributed by atoms with Crippen LogP contribution in [-0.4, -0.2) is 37.5 Å². The van der Waals surface area contributed by atoms with Gasteiger partial charge >= 0.3 is 5.97 Å². The van der Waals surface area contributed by atoms with Gasteiger partial charge in [-0.3, -0.25) is 14.4 Å². The number of anilines is 1. The molecule has 0 fully saturated rings. The predicted octanol–water partition coefficient (Wildman–Crippen LogP) is 4.02. The van der Waals surface area contributed by atoms with E-state index in [0.717, 1.165) is 12.2 Å². The molecule has 0 aliphatic heterocycles. The number of benzene rings is 2. The highest BCUT2D eigenvalue weighted by Gasteiger charge is 2.11. The summed E-state index contributed by atoms with van der Waals surface area (Å²) in [4.78, 5) is 35.6. The summed E-state index contributed by atoms with van der Waals surface area (Å²) in [6, 6.07) is 13.6. The van der Waals surface area contributed by atoms with Gasteiger partial charge in [-0.1, -0.05) is 6.92 Å². The number of Topliss-reactive ketones (excluding diaryl/α,β-unsaturated/α-hetero) is 1. The molecule has 0 saturated heterocycles. The van der Waals surface area contributed by atoms with E-state index in [1.165, 1.54) is 0 Å². The van der Waals surface area contributed by atoms with Gasteiger partial charge in [0, 0.05) is 17.7 Å². The summed E-state index contributed by atoms with van der Waals surface area (Å²) in [5, 5.41) is 2.75. The second-order valence-electron chi connectivity index (χ2n) is 6.46. The van der Waals surface area contributed by atoms with Crippen LogP contribution in [0.3, 0.4) is 0 Å². The number of ketones is 1. The molecular formula is C23H27NO6. The monoisotopic (exact) mass is 413 g/mol. The summed E-state index contributed by atoms with van der Waals surface area (Å²) in [7, 11) is 0. The van der Waals surface area contributed by atoms with Gasteiger partial charge in [0.05, 0.1) is 19.6 Å². The summed E-state index contributed by atoms with van der Waals surface area (Å²) in [6.45, 7) is 4.22. The van der Waals surface area contributed by atoms with Crippen LogP contribution in [-0.2, 0) is 14.3 Å². The van der Waals surface area contributed by atoms with Crippen molar-refractivity contribution < 1.29 is 28.6 Å². The van der Waals surface area contributed by atoms with Gasteiger partial charge in [0.2, 0.25) is 5.91 Å². The molecule has 2 aromatic carbocycles. The number of carbonyl (C=O) groups is 3. The van der Waals surface area contributed by atoms with E-state index in [9.17, 15) is 14.4 Å². The number of hydrogen-bond donors (Lipinski definition) is 1. The second-order valence-corrected chi connectivity index (χ2v) is 6.46. The first kappa shape index (κ1) is 22.9. The van der Waals surface area contributed by atoms with E-state index in [0.29, 0.717) is 30.0 Å². The number of amides is 1. The highest BCUT2D eigenvalue weighted by Crippen LogP contribution is 2.17. The SMILES string of the molecule is CCCC(=O)Nc1ccc(C(=O)COC(=O)CCOc2ccc(OCC)cc2)cc1. The van der Waals surface area contributed by atoms with Crippen LogP contribution in [0, 0.1) is 0 Å². The van der Waals surface area contributed by atoms with Crippen molar-refractivity contribution in [3.8, 4) is 11.5 Å². The van der Waals surface area contributed by atoms with Gasteiger partial charge in [0.25, 0.3) is 0 Å². The van der Waals surface area contributed by atoms with Crippen molar-refractivity contribution in [2.24, 2.45) is 0 Å². The predicted molar refractivity (Wildman–Crippen MR) is 113 cm³/mol. The smallest absolute Gasteiger partial charge is 0.309 e. The van der Waals surface area contributed by atoms with Crippen molar-refractivity contribution in [2.45, 2.75) is 33.1 Å². The zero-order valence-corrected chi connectivity index (χ0v) is 17.3. The molecule has 2 aromatic rings. The van der Waals surface area contributed by atoms with Crippen molar-refractivity contribution in [2.75, 3.05) is 25.1 Å². The Morgan fingerprint density at radius 2 is 1.47 bits per heavy atom. The highest BCUT2D eigenvalue weighted by atomic mass is 16.5. The molecule has 0 aromatic heterocycles. The summed E-state index contributed by atoms with van der Waals surface area (Å²) in [5.74, 6) is 0.463. The van der Waals surface area contributed by atoms with E-state index in [1.807, 2.05) is 13.8 Å². The fourth-order valence-corrected chi connectivity index (χ4v) is 2.54. The zero-order valence-electron chi connectivity index (χ0n) is 17.3. The Balaban J connectivity index is 1.69. The van der Waals surface area contributed by atoms with E-state index in [2.05, 4.69) is 5.32 Å². The maximum absolute atomic E-state index is 12.2. The summed E-state index contributed by atoms with van der Waals surface area (Å²) in [5.41, 5.74) is 1.02. The number of esters is 1. The van der Waals surface area contributed by atoms with E-state index in [4.69, 9.17) is 14.2 Å². The maximum atomic E-state index is 12.2. The molecule has 0 unspecified atom stereocenters. The van der Waals surface area contributed by atoms with Crippen LogP contribution in [0.5, 0.6) is 11.5 Å². The molecule has 7 nitrogen and oxygen atoms in total. The van der Waals surface area contributed by atoms with Crippen molar-refractivity contribution in [1.29, 1.82) is 0 Å². The lowest BCUT2D eigenvalue weighted by molar-refractivity contribution is -0.143. The van der Waals surface area contributed by atoms with E-state index in [1.54, 1.807) is 48.5 Å². The molecule has 30 heavy (non-hydrogen) atoms. The largest absolute Gasteiger partial charge is 0.494 e. The van der Waals surface area contributed by atoms with Gasteiger partial charge in [-0.15, -0.1) is 0 Å². The lowest BCUT2D eigenvalue weighted by atomic mass is 10.1. The lowest BCUT2D eigenvalue weighted by Gasteiger charge is -2.08. The third-order valence-electron chi connectivity index (χ3n) is 4.04. The standard InChI is InChI=1S/C23H27NO6/c1-3-5-22(26)24-18-8-6-17(7-9-18)21(25)16-30-23(27)14-15-29-20-12-10-19(11-13-20)28-4-2/h6-13H,3-5,14-16H2,1-2H3,(H,24,26). The van der Waals surface area contributed by atoms with Crippen LogP contribution >= 0.6 is 0 Å². The number of hydrogen-bond acceptors (Lipinski definition) is 6. The first-order valence-corrected chi connectivity index (χ1v) is 9.96. The van der Waals surface area contributed by atoms with Gasteiger partial charge in [-0.05, 0) is 61.9 Å². The minimum Gasteiger partial charge on any atom is -0.494 e. The fraction of sp³-hybridized carbons (Fsp3) is 0.348. The van der Waals surface area contributed by atoms with Crippen molar-refractivity contribution in [3.05, 3.63) is 54.1 Å². The van der Waals surface area contributed by atoms with Gasteiger partial charge in [0.15, 0.2) is 12.4 Å². The van der Waals surface area contributed by atoms with E-state index in [-0.39, 0.29) is 31.3 Å². The molecule has 160 valence electrons. The number of rotatable bonds is 12. The normalized spacial score (nSPS) is 10.2. The van der Waals surface area contributed by atoms with Crippen LogP contribution in [0.25, 0.3) is 0 Å². The maximum Gasteiger partial charge on any atom is 0.309 e. The Bertz CT molecular complexity index is 830. The molecule has 7 heteroatoms. The van der Waals surface area contributed by atoms with Gasteiger partial charge in [-0.2, -0.15) is 0 Å². The lowest BCUT2D eigenvalue weighted by Crippen LogP contribution is -2.16. The molecule has 0 radical (unpaired) electrons. The molecule has 0 aliphatic rings. The van der Waals surface area contributed by atoms with Crippen LogP contribution in [0.15, 0.2) is 48.5 Å². The second kappa shape index (κ2) is 12.3. The first-order chi connectivity index (χ1) is 14.5. The van der Waals surface area contributed by atoms with Gasteiger partial charge < -0.3 is 19.5 Å². The minimum atomic E-state index is -0.516. The summed E-state index contributed by atoms with van der Waals surface area (Å²) < 4.78 is 15.9.